The van der Waals surface area contributed by atoms with E-state index in [1.165, 1.54) is 38.5 Å². The van der Waals surface area contributed by atoms with Gasteiger partial charge >= 0.3 is 17.9 Å². The van der Waals surface area contributed by atoms with Crippen molar-refractivity contribution in [2.75, 3.05) is 0 Å². The summed E-state index contributed by atoms with van der Waals surface area (Å²) in [4.78, 5) is 36.3. The number of rotatable bonds is 7. The molecule has 6 nitrogen and oxygen atoms in total. The van der Waals surface area contributed by atoms with E-state index in [-0.39, 0.29) is 67.3 Å². The molecule has 5 atom stereocenters. The van der Waals surface area contributed by atoms with Gasteiger partial charge in [0.15, 0.2) is 0 Å². The lowest BCUT2D eigenvalue weighted by molar-refractivity contribution is -0.206. The van der Waals surface area contributed by atoms with Crippen molar-refractivity contribution in [3.8, 4) is 0 Å². The topological polar surface area (TPSA) is 78.9 Å². The largest absolute Gasteiger partial charge is 0.459 e. The molecule has 7 fully saturated rings. The van der Waals surface area contributed by atoms with Gasteiger partial charge in [-0.15, -0.1) is 0 Å². The highest BCUT2D eigenvalue weighted by Crippen LogP contribution is 2.64. The Morgan fingerprint density at radius 2 is 1.29 bits per heavy atom. The molecule has 6 aliphatic carbocycles. The van der Waals surface area contributed by atoms with Crippen molar-refractivity contribution in [1.29, 1.82) is 0 Å². The molecule has 6 bridgehead atoms. The standard InChI is InChI=1S/C19H32O2.C14H20O4.2CH4/c1-6-17(2,3)16(20)21-18(4,5)19-10-13-7-14(11-19)9-15(8-13)12-19;1-4-14(2,3)13(16)18-10-7-5-8-9(6-7)12(15)17-11(8)10;;/h13-15H,6-12H2,1-5H3;7-11H,4-6H2,1-3H3;2*1H4. The normalized spacial score (nSPS) is 37.8. The predicted octanol–water partition coefficient (Wildman–Crippen LogP) is 8.15. The SMILES string of the molecule is C.C.CCC(C)(C)C(=O)OC(C)(C)C12CC3CC(CC(C3)C1)C2.CCC(C)(C)C(=O)OC1C2CC3C(=O)OC1C3C2. The van der Waals surface area contributed by atoms with Crippen LogP contribution >= 0.6 is 0 Å². The monoisotopic (exact) mass is 576 g/mol. The Bertz CT molecular complexity index is 957. The van der Waals surface area contributed by atoms with E-state index < -0.39 is 5.41 Å². The zero-order valence-electron chi connectivity index (χ0n) is 25.6. The molecule has 1 saturated heterocycles. The van der Waals surface area contributed by atoms with Gasteiger partial charge < -0.3 is 14.2 Å². The molecule has 5 unspecified atom stereocenters. The van der Waals surface area contributed by atoms with Crippen LogP contribution in [0.2, 0.25) is 0 Å². The molecule has 7 aliphatic rings. The smallest absolute Gasteiger partial charge is 0.312 e. The van der Waals surface area contributed by atoms with E-state index >= 15 is 0 Å². The quantitative estimate of drug-likeness (QED) is 0.225. The summed E-state index contributed by atoms with van der Waals surface area (Å²) in [6, 6.07) is 0. The first-order valence-corrected chi connectivity index (χ1v) is 15.8. The molecule has 1 aliphatic heterocycles. The molecular weight excluding hydrogens is 516 g/mol. The van der Waals surface area contributed by atoms with Crippen LogP contribution in [0.5, 0.6) is 0 Å². The first-order chi connectivity index (χ1) is 18.1. The van der Waals surface area contributed by atoms with Crippen molar-refractivity contribution >= 4 is 17.9 Å². The van der Waals surface area contributed by atoms with Crippen LogP contribution in [0.25, 0.3) is 0 Å². The van der Waals surface area contributed by atoms with E-state index in [2.05, 4.69) is 20.8 Å². The molecule has 0 amide bonds. The Morgan fingerprint density at radius 3 is 1.78 bits per heavy atom. The van der Waals surface area contributed by atoms with Crippen LogP contribution in [0.4, 0.5) is 0 Å². The van der Waals surface area contributed by atoms with Gasteiger partial charge in [0.1, 0.15) is 17.8 Å². The molecule has 41 heavy (non-hydrogen) atoms. The van der Waals surface area contributed by atoms with Crippen molar-refractivity contribution in [3.05, 3.63) is 0 Å². The number of ether oxygens (including phenoxy) is 3. The highest BCUT2D eigenvalue weighted by molar-refractivity contribution is 5.78. The van der Waals surface area contributed by atoms with Crippen molar-refractivity contribution in [2.24, 2.45) is 51.8 Å². The summed E-state index contributed by atoms with van der Waals surface area (Å²) >= 11 is 0. The third-order valence-electron chi connectivity index (χ3n) is 12.2. The fourth-order valence-corrected chi connectivity index (χ4v) is 8.96. The minimum Gasteiger partial charge on any atom is -0.459 e. The van der Waals surface area contributed by atoms with Gasteiger partial charge in [0.05, 0.1) is 16.7 Å². The van der Waals surface area contributed by atoms with Gasteiger partial charge in [0.2, 0.25) is 0 Å². The van der Waals surface area contributed by atoms with Crippen LogP contribution in [-0.4, -0.2) is 35.7 Å². The summed E-state index contributed by atoms with van der Waals surface area (Å²) in [7, 11) is 0. The molecule has 1 heterocycles. The number of carbonyl (C=O) groups excluding carboxylic acids is 3. The molecule has 0 aromatic carbocycles. The fraction of sp³-hybridized carbons (Fsp3) is 0.914. The van der Waals surface area contributed by atoms with Crippen molar-refractivity contribution in [3.63, 3.8) is 0 Å². The molecule has 0 aromatic rings. The second kappa shape index (κ2) is 11.5. The van der Waals surface area contributed by atoms with Crippen molar-refractivity contribution < 1.29 is 28.6 Å². The van der Waals surface area contributed by atoms with Crippen LogP contribution in [0.1, 0.15) is 134 Å². The van der Waals surface area contributed by atoms with Crippen LogP contribution in [0.3, 0.4) is 0 Å². The van der Waals surface area contributed by atoms with Gasteiger partial charge in [0, 0.05) is 17.3 Å². The number of fused-ring (bicyclic) bond motifs is 1. The minimum atomic E-state index is -0.455. The number of carbonyl (C=O) groups is 3. The van der Waals surface area contributed by atoms with Gasteiger partial charge in [-0.25, -0.2) is 0 Å². The van der Waals surface area contributed by atoms with Gasteiger partial charge in [0.25, 0.3) is 0 Å². The lowest BCUT2D eigenvalue weighted by Crippen LogP contribution is -2.58. The molecule has 0 radical (unpaired) electrons. The minimum absolute atomic E-state index is 0. The summed E-state index contributed by atoms with van der Waals surface area (Å²) in [5, 5.41) is 0. The Morgan fingerprint density at radius 1 is 0.805 bits per heavy atom. The summed E-state index contributed by atoms with van der Waals surface area (Å²) < 4.78 is 17.2. The second-order valence-electron chi connectivity index (χ2n) is 15.8. The Balaban J connectivity index is 0.000000217. The van der Waals surface area contributed by atoms with Gasteiger partial charge in [-0.1, -0.05) is 28.7 Å². The zero-order chi connectivity index (χ0) is 28.5. The lowest BCUT2D eigenvalue weighted by Gasteiger charge is -2.61. The average molecular weight is 577 g/mol. The van der Waals surface area contributed by atoms with Crippen LogP contribution < -0.4 is 0 Å². The first-order valence-electron chi connectivity index (χ1n) is 15.8. The summed E-state index contributed by atoms with van der Waals surface area (Å²) in [5.41, 5.74) is -0.878. The van der Waals surface area contributed by atoms with E-state index in [9.17, 15) is 14.4 Å². The summed E-state index contributed by atoms with van der Waals surface area (Å²) in [6.07, 6.45) is 11.2. The molecule has 0 aromatic heterocycles. The van der Waals surface area contributed by atoms with Gasteiger partial charge in [-0.3, -0.25) is 14.4 Å². The second-order valence-corrected chi connectivity index (χ2v) is 15.8. The molecule has 236 valence electrons. The van der Waals surface area contributed by atoms with Crippen LogP contribution in [0, 0.1) is 51.8 Å². The maximum atomic E-state index is 12.6. The average Bonchev–Trinajstić information content (AvgIpc) is 3.48. The van der Waals surface area contributed by atoms with Gasteiger partial charge in [-0.05, 0) is 124 Å². The van der Waals surface area contributed by atoms with Crippen LogP contribution in [0.15, 0.2) is 0 Å². The van der Waals surface area contributed by atoms with Gasteiger partial charge in [-0.2, -0.15) is 0 Å². The Kier molecular flexibility index (Phi) is 9.50. The predicted molar refractivity (Wildman–Crippen MR) is 162 cm³/mol. The summed E-state index contributed by atoms with van der Waals surface area (Å²) in [5.74, 6) is 3.14. The molecule has 7 rings (SSSR count). The molecular formula is C35H60O6. The van der Waals surface area contributed by atoms with E-state index in [0.29, 0.717) is 11.8 Å². The number of esters is 3. The van der Waals surface area contributed by atoms with Crippen molar-refractivity contribution in [1.82, 2.24) is 0 Å². The third-order valence-corrected chi connectivity index (χ3v) is 12.2. The van der Waals surface area contributed by atoms with E-state index in [1.54, 1.807) is 0 Å². The highest BCUT2D eigenvalue weighted by atomic mass is 16.6. The maximum Gasteiger partial charge on any atom is 0.312 e. The third kappa shape index (κ3) is 5.84. The Hall–Kier alpha value is -1.59. The highest BCUT2D eigenvalue weighted by Gasteiger charge is 2.63. The first kappa shape index (κ1) is 33.9. The fourth-order valence-electron chi connectivity index (χ4n) is 8.96. The zero-order valence-corrected chi connectivity index (χ0v) is 25.6. The van der Waals surface area contributed by atoms with Crippen molar-refractivity contribution in [2.45, 2.75) is 152 Å². The number of hydrogen-bond donors (Lipinski definition) is 0. The number of hydrogen-bond acceptors (Lipinski definition) is 6. The van der Waals surface area contributed by atoms with E-state index in [1.807, 2.05) is 34.6 Å². The molecule has 6 heteroatoms. The van der Waals surface area contributed by atoms with Crippen LogP contribution in [-0.2, 0) is 28.6 Å². The summed E-state index contributed by atoms with van der Waals surface area (Å²) in [6.45, 7) is 16.2. The molecule has 6 saturated carbocycles. The van der Waals surface area contributed by atoms with E-state index in [4.69, 9.17) is 14.2 Å². The van der Waals surface area contributed by atoms with E-state index in [0.717, 1.165) is 43.4 Å². The maximum absolute atomic E-state index is 12.6. The molecule has 0 N–H and O–H groups in total. The molecule has 0 spiro atoms. The lowest BCUT2D eigenvalue weighted by atomic mass is 9.46. The Labute approximate surface area is 250 Å².